The van der Waals surface area contributed by atoms with Gasteiger partial charge in [0.25, 0.3) is 0 Å². The Morgan fingerprint density at radius 3 is 2.50 bits per heavy atom. The molecule has 0 fully saturated rings. The van der Waals surface area contributed by atoms with Gasteiger partial charge in [0, 0.05) is 11.1 Å². The van der Waals surface area contributed by atoms with Gasteiger partial charge in [0.1, 0.15) is 0 Å². The number of rotatable bonds is 1. The van der Waals surface area contributed by atoms with Crippen LogP contribution in [0.25, 0.3) is 0 Å². The van der Waals surface area contributed by atoms with Crippen molar-refractivity contribution >= 4 is 5.78 Å². The second-order valence-electron chi connectivity index (χ2n) is 5.06. The quantitative estimate of drug-likeness (QED) is 0.683. The van der Waals surface area contributed by atoms with E-state index >= 15 is 0 Å². The van der Waals surface area contributed by atoms with E-state index < -0.39 is 0 Å². The molecule has 2 rings (SSSR count). The molecule has 3 nitrogen and oxygen atoms in total. The molecule has 1 aromatic carbocycles. The summed E-state index contributed by atoms with van der Waals surface area (Å²) in [5.41, 5.74) is 1.63. The molecule has 0 N–H and O–H groups in total. The van der Waals surface area contributed by atoms with E-state index in [1.807, 2.05) is 6.07 Å². The molecule has 86 valence electrons. The number of ether oxygens (including phenoxy) is 2. The zero-order valence-electron chi connectivity index (χ0n) is 10.1. The minimum atomic E-state index is -0.0662. The third kappa shape index (κ3) is 1.77. The Kier molecular flexibility index (Phi) is 2.41. The monoisotopic (exact) mass is 220 g/mol. The minimum Gasteiger partial charge on any atom is -0.454 e. The summed E-state index contributed by atoms with van der Waals surface area (Å²) in [4.78, 5) is 11.4. The van der Waals surface area contributed by atoms with Crippen molar-refractivity contribution in [3.63, 3.8) is 0 Å². The number of fused-ring (bicyclic) bond motifs is 1. The first kappa shape index (κ1) is 11.0. The SMILES string of the molecule is CC(=O)c1cc2c(c(C(C)(C)C)c1)OCO2. The highest BCUT2D eigenvalue weighted by atomic mass is 16.7. The zero-order chi connectivity index (χ0) is 11.9. The summed E-state index contributed by atoms with van der Waals surface area (Å²) in [6.45, 7) is 8.07. The maximum Gasteiger partial charge on any atom is 0.231 e. The average molecular weight is 220 g/mol. The highest BCUT2D eigenvalue weighted by molar-refractivity contribution is 5.95. The largest absolute Gasteiger partial charge is 0.454 e. The normalized spacial score (nSPS) is 14.0. The van der Waals surface area contributed by atoms with Crippen LogP contribution in [0.4, 0.5) is 0 Å². The van der Waals surface area contributed by atoms with E-state index in [0.717, 1.165) is 11.3 Å². The highest BCUT2D eigenvalue weighted by Crippen LogP contribution is 2.42. The number of hydrogen-bond acceptors (Lipinski definition) is 3. The van der Waals surface area contributed by atoms with E-state index in [-0.39, 0.29) is 18.0 Å². The van der Waals surface area contributed by atoms with Gasteiger partial charge < -0.3 is 9.47 Å². The van der Waals surface area contributed by atoms with Crippen molar-refractivity contribution in [1.82, 2.24) is 0 Å². The third-order valence-corrected chi connectivity index (χ3v) is 2.69. The van der Waals surface area contributed by atoms with Crippen molar-refractivity contribution in [3.05, 3.63) is 23.3 Å². The fourth-order valence-electron chi connectivity index (χ4n) is 1.77. The number of hydrogen-bond donors (Lipinski definition) is 0. The molecule has 0 aliphatic carbocycles. The molecule has 0 atom stereocenters. The van der Waals surface area contributed by atoms with Gasteiger partial charge in [0.05, 0.1) is 0 Å². The van der Waals surface area contributed by atoms with Crippen LogP contribution in [0, 0.1) is 0 Å². The van der Waals surface area contributed by atoms with Crippen LogP contribution in [0.15, 0.2) is 12.1 Å². The third-order valence-electron chi connectivity index (χ3n) is 2.69. The summed E-state index contributed by atoms with van der Waals surface area (Å²) >= 11 is 0. The van der Waals surface area contributed by atoms with E-state index in [0.29, 0.717) is 11.3 Å². The van der Waals surface area contributed by atoms with Crippen LogP contribution in [0.3, 0.4) is 0 Å². The molecule has 1 aliphatic heterocycles. The standard InChI is InChI=1S/C13H16O3/c1-8(14)9-5-10(13(2,3)4)12-11(6-9)15-7-16-12/h5-6H,7H2,1-4H3. The maximum atomic E-state index is 11.4. The average Bonchev–Trinajstić information content (AvgIpc) is 2.61. The van der Waals surface area contributed by atoms with E-state index in [9.17, 15) is 4.79 Å². The Bertz CT molecular complexity index is 441. The second kappa shape index (κ2) is 3.51. The van der Waals surface area contributed by atoms with Crippen LogP contribution in [0.2, 0.25) is 0 Å². The Balaban J connectivity index is 2.63. The Morgan fingerprint density at radius 2 is 1.94 bits per heavy atom. The van der Waals surface area contributed by atoms with Gasteiger partial charge in [0.2, 0.25) is 6.79 Å². The van der Waals surface area contributed by atoms with Crippen LogP contribution in [0.5, 0.6) is 11.5 Å². The second-order valence-corrected chi connectivity index (χ2v) is 5.06. The highest BCUT2D eigenvalue weighted by Gasteiger charge is 2.27. The molecule has 16 heavy (non-hydrogen) atoms. The molecule has 0 spiro atoms. The Morgan fingerprint density at radius 1 is 1.25 bits per heavy atom. The lowest BCUT2D eigenvalue weighted by atomic mass is 9.85. The summed E-state index contributed by atoms with van der Waals surface area (Å²) in [6.07, 6.45) is 0. The predicted molar refractivity (Wildman–Crippen MR) is 61.3 cm³/mol. The summed E-state index contributed by atoms with van der Waals surface area (Å²) < 4.78 is 10.8. The minimum absolute atomic E-state index is 0.0452. The number of carbonyl (C=O) groups is 1. The van der Waals surface area contributed by atoms with E-state index in [1.54, 1.807) is 13.0 Å². The lowest BCUT2D eigenvalue weighted by Gasteiger charge is -2.21. The lowest BCUT2D eigenvalue weighted by molar-refractivity contribution is 0.101. The van der Waals surface area contributed by atoms with Gasteiger partial charge in [-0.25, -0.2) is 0 Å². The van der Waals surface area contributed by atoms with Gasteiger partial charge in [-0.15, -0.1) is 0 Å². The van der Waals surface area contributed by atoms with Gasteiger partial charge in [0.15, 0.2) is 17.3 Å². The summed E-state index contributed by atoms with van der Waals surface area (Å²) in [5, 5.41) is 0. The lowest BCUT2D eigenvalue weighted by Crippen LogP contribution is -2.13. The van der Waals surface area contributed by atoms with Crippen LogP contribution in [-0.4, -0.2) is 12.6 Å². The first-order chi connectivity index (χ1) is 7.39. The number of carbonyl (C=O) groups excluding carboxylic acids is 1. The van der Waals surface area contributed by atoms with Gasteiger partial charge in [-0.3, -0.25) is 4.79 Å². The molecule has 0 saturated carbocycles. The molecule has 0 bridgehead atoms. The topological polar surface area (TPSA) is 35.5 Å². The molecule has 0 radical (unpaired) electrons. The molecule has 1 heterocycles. The first-order valence-electron chi connectivity index (χ1n) is 5.34. The van der Waals surface area contributed by atoms with E-state index in [1.165, 1.54) is 0 Å². The summed E-state index contributed by atoms with van der Waals surface area (Å²) in [7, 11) is 0. The van der Waals surface area contributed by atoms with Gasteiger partial charge in [-0.05, 0) is 24.5 Å². The van der Waals surface area contributed by atoms with Gasteiger partial charge in [-0.1, -0.05) is 20.8 Å². The van der Waals surface area contributed by atoms with Crippen molar-refractivity contribution in [3.8, 4) is 11.5 Å². The smallest absolute Gasteiger partial charge is 0.231 e. The van der Waals surface area contributed by atoms with Crippen LogP contribution in [-0.2, 0) is 5.41 Å². The van der Waals surface area contributed by atoms with Crippen LogP contribution in [0.1, 0.15) is 43.6 Å². The van der Waals surface area contributed by atoms with Crippen molar-refractivity contribution < 1.29 is 14.3 Å². The molecule has 0 unspecified atom stereocenters. The van der Waals surface area contributed by atoms with E-state index in [4.69, 9.17) is 9.47 Å². The molecule has 1 aromatic rings. The molecule has 0 saturated heterocycles. The Hall–Kier alpha value is -1.51. The zero-order valence-corrected chi connectivity index (χ0v) is 10.1. The van der Waals surface area contributed by atoms with Gasteiger partial charge >= 0.3 is 0 Å². The molecule has 0 aromatic heterocycles. The van der Waals surface area contributed by atoms with Gasteiger partial charge in [-0.2, -0.15) is 0 Å². The molecular formula is C13H16O3. The van der Waals surface area contributed by atoms with Crippen molar-refractivity contribution in [2.24, 2.45) is 0 Å². The van der Waals surface area contributed by atoms with Crippen molar-refractivity contribution in [1.29, 1.82) is 0 Å². The molecule has 3 heteroatoms. The van der Waals surface area contributed by atoms with Crippen LogP contribution >= 0.6 is 0 Å². The number of ketones is 1. The first-order valence-corrected chi connectivity index (χ1v) is 5.34. The van der Waals surface area contributed by atoms with Crippen molar-refractivity contribution in [2.75, 3.05) is 6.79 Å². The molecule has 1 aliphatic rings. The Labute approximate surface area is 95.4 Å². The molecular weight excluding hydrogens is 204 g/mol. The summed E-state index contributed by atoms with van der Waals surface area (Å²) in [6, 6.07) is 3.65. The fraction of sp³-hybridized carbons (Fsp3) is 0.462. The summed E-state index contributed by atoms with van der Waals surface area (Å²) in [5.74, 6) is 1.50. The van der Waals surface area contributed by atoms with E-state index in [2.05, 4.69) is 20.8 Å². The number of Topliss-reactive ketones (excluding diaryl/α,β-unsaturated/α-hetero) is 1. The maximum absolute atomic E-state index is 11.4. The van der Waals surface area contributed by atoms with Crippen LogP contribution < -0.4 is 9.47 Å². The fourth-order valence-corrected chi connectivity index (χ4v) is 1.77. The van der Waals surface area contributed by atoms with Crippen molar-refractivity contribution in [2.45, 2.75) is 33.1 Å². The predicted octanol–water partition coefficient (Wildman–Crippen LogP) is 2.92. The number of benzene rings is 1. The molecule has 0 amide bonds.